The van der Waals surface area contributed by atoms with Crippen molar-refractivity contribution in [2.75, 3.05) is 20.6 Å². The van der Waals surface area contributed by atoms with Gasteiger partial charge in [0, 0.05) is 31.7 Å². The van der Waals surface area contributed by atoms with Gasteiger partial charge in [-0.1, -0.05) is 6.07 Å². The van der Waals surface area contributed by atoms with Crippen LogP contribution in [0.25, 0.3) is 0 Å². The topological polar surface area (TPSA) is 28.2 Å². The molecule has 2 rings (SSSR count). The van der Waals surface area contributed by atoms with Gasteiger partial charge in [0.25, 0.3) is 0 Å². The molecule has 0 saturated carbocycles. The van der Waals surface area contributed by atoms with Gasteiger partial charge in [-0.2, -0.15) is 0 Å². The van der Waals surface area contributed by atoms with Gasteiger partial charge in [-0.05, 0) is 25.7 Å². The molecule has 1 aliphatic rings. The zero-order chi connectivity index (χ0) is 9.97. The summed E-state index contributed by atoms with van der Waals surface area (Å²) in [5.41, 5.74) is 3.82. The molecule has 0 saturated heterocycles. The van der Waals surface area contributed by atoms with Crippen molar-refractivity contribution < 1.29 is 0 Å². The van der Waals surface area contributed by atoms with E-state index in [9.17, 15) is 0 Å². The van der Waals surface area contributed by atoms with Gasteiger partial charge < -0.3 is 10.2 Å². The molecule has 2 heterocycles. The molecule has 0 aliphatic carbocycles. The van der Waals surface area contributed by atoms with Crippen LogP contribution in [0, 0.1) is 0 Å². The average Bonchev–Trinajstić information content (AvgIpc) is 2.17. The summed E-state index contributed by atoms with van der Waals surface area (Å²) in [4.78, 5) is 6.82. The third-order valence-electron chi connectivity index (χ3n) is 2.46. The number of rotatable bonds is 2. The first-order valence-corrected chi connectivity index (χ1v) is 5.09. The minimum absolute atomic E-state index is 0.931. The lowest BCUT2D eigenvalue weighted by Gasteiger charge is -2.17. The number of aromatic nitrogens is 1. The predicted molar refractivity (Wildman–Crippen MR) is 57.0 cm³/mol. The van der Waals surface area contributed by atoms with Crippen LogP contribution in [-0.4, -0.2) is 30.5 Å². The molecule has 0 radical (unpaired) electrons. The summed E-state index contributed by atoms with van der Waals surface area (Å²) >= 11 is 0. The number of hydrogen-bond donors (Lipinski definition) is 1. The van der Waals surface area contributed by atoms with Gasteiger partial charge in [-0.25, -0.2) is 0 Å². The van der Waals surface area contributed by atoms with Crippen molar-refractivity contribution in [1.29, 1.82) is 0 Å². The fourth-order valence-electron chi connectivity index (χ4n) is 1.79. The second-order valence-corrected chi connectivity index (χ2v) is 4.07. The van der Waals surface area contributed by atoms with Crippen molar-refractivity contribution in [3.8, 4) is 0 Å². The molecule has 1 N–H and O–H groups in total. The van der Waals surface area contributed by atoms with Crippen molar-refractivity contribution >= 4 is 0 Å². The van der Waals surface area contributed by atoms with Gasteiger partial charge in [0.1, 0.15) is 0 Å². The highest BCUT2D eigenvalue weighted by Gasteiger charge is 2.10. The minimum Gasteiger partial charge on any atom is -0.312 e. The van der Waals surface area contributed by atoms with Gasteiger partial charge in [0.2, 0.25) is 0 Å². The van der Waals surface area contributed by atoms with Crippen molar-refractivity contribution in [2.45, 2.75) is 19.5 Å². The maximum atomic E-state index is 4.67. The molecule has 0 atom stereocenters. The van der Waals surface area contributed by atoms with Gasteiger partial charge in [-0.3, -0.25) is 4.98 Å². The maximum Gasteiger partial charge on any atom is 0.0547 e. The Morgan fingerprint density at radius 1 is 1.43 bits per heavy atom. The van der Waals surface area contributed by atoms with Crippen LogP contribution >= 0.6 is 0 Å². The van der Waals surface area contributed by atoms with E-state index in [1.165, 1.54) is 17.0 Å². The van der Waals surface area contributed by atoms with E-state index in [4.69, 9.17) is 0 Å². The van der Waals surface area contributed by atoms with Gasteiger partial charge >= 0.3 is 0 Å². The molecule has 0 unspecified atom stereocenters. The quantitative estimate of drug-likeness (QED) is 0.749. The van der Waals surface area contributed by atoms with Crippen LogP contribution in [0.2, 0.25) is 0 Å². The molecule has 1 aliphatic heterocycles. The van der Waals surface area contributed by atoms with Crippen molar-refractivity contribution in [2.24, 2.45) is 0 Å². The molecule has 0 amide bonds. The fraction of sp³-hybridized carbons (Fsp3) is 0.545. The molecule has 76 valence electrons. The SMILES string of the molecule is CN(C)Cc1ccc2c(n1)CCNC2. The number of hydrogen-bond acceptors (Lipinski definition) is 3. The summed E-state index contributed by atoms with van der Waals surface area (Å²) in [7, 11) is 4.14. The standard InChI is InChI=1S/C11H17N3/c1-14(2)8-10-4-3-9-7-12-6-5-11(9)13-10/h3-4,12H,5-8H2,1-2H3. The van der Waals surface area contributed by atoms with Crippen LogP contribution in [0.15, 0.2) is 12.1 Å². The van der Waals surface area contributed by atoms with Gasteiger partial charge in [0.05, 0.1) is 5.69 Å². The van der Waals surface area contributed by atoms with Crippen molar-refractivity contribution in [3.63, 3.8) is 0 Å². The third-order valence-corrected chi connectivity index (χ3v) is 2.46. The Bertz CT molecular complexity index is 320. The summed E-state index contributed by atoms with van der Waals surface area (Å²) in [5.74, 6) is 0. The van der Waals surface area contributed by atoms with E-state index in [2.05, 4.69) is 41.4 Å². The van der Waals surface area contributed by atoms with Crippen LogP contribution in [0.3, 0.4) is 0 Å². The van der Waals surface area contributed by atoms with E-state index in [0.29, 0.717) is 0 Å². The number of pyridine rings is 1. The van der Waals surface area contributed by atoms with Gasteiger partial charge in [-0.15, -0.1) is 0 Å². The summed E-state index contributed by atoms with van der Waals surface area (Å²) in [6.07, 6.45) is 1.07. The normalized spacial score (nSPS) is 15.6. The first-order chi connectivity index (χ1) is 6.75. The number of nitrogens with one attached hydrogen (secondary N) is 1. The van der Waals surface area contributed by atoms with E-state index < -0.39 is 0 Å². The lowest BCUT2D eigenvalue weighted by Crippen LogP contribution is -2.25. The monoisotopic (exact) mass is 191 g/mol. The van der Waals surface area contributed by atoms with Crippen LogP contribution in [0.1, 0.15) is 17.0 Å². The van der Waals surface area contributed by atoms with E-state index in [1.807, 2.05) is 0 Å². The molecular formula is C11H17N3. The fourth-order valence-corrected chi connectivity index (χ4v) is 1.79. The molecule has 3 heteroatoms. The van der Waals surface area contributed by atoms with E-state index >= 15 is 0 Å². The molecule has 0 spiro atoms. The zero-order valence-electron chi connectivity index (χ0n) is 8.88. The predicted octanol–water partition coefficient (Wildman–Crippen LogP) is 0.789. The third kappa shape index (κ3) is 2.11. The average molecular weight is 191 g/mol. The lowest BCUT2D eigenvalue weighted by molar-refractivity contribution is 0.395. The highest BCUT2D eigenvalue weighted by molar-refractivity contribution is 5.25. The van der Waals surface area contributed by atoms with Crippen molar-refractivity contribution in [3.05, 3.63) is 29.1 Å². The highest BCUT2D eigenvalue weighted by Crippen LogP contribution is 2.12. The van der Waals surface area contributed by atoms with Crippen LogP contribution in [0.4, 0.5) is 0 Å². The largest absolute Gasteiger partial charge is 0.312 e. The Morgan fingerprint density at radius 3 is 3.07 bits per heavy atom. The highest BCUT2D eigenvalue weighted by atomic mass is 15.1. The first-order valence-electron chi connectivity index (χ1n) is 5.09. The summed E-state index contributed by atoms with van der Waals surface area (Å²) in [5, 5.41) is 3.35. The number of nitrogens with zero attached hydrogens (tertiary/aromatic N) is 2. The molecule has 3 nitrogen and oxygen atoms in total. The Kier molecular flexibility index (Phi) is 2.79. The second kappa shape index (κ2) is 4.07. The smallest absolute Gasteiger partial charge is 0.0547 e. The summed E-state index contributed by atoms with van der Waals surface area (Å²) in [6.45, 7) is 2.97. The van der Waals surface area contributed by atoms with Crippen molar-refractivity contribution in [1.82, 2.24) is 15.2 Å². The maximum absolute atomic E-state index is 4.67. The van der Waals surface area contributed by atoms with Crippen LogP contribution in [-0.2, 0) is 19.5 Å². The zero-order valence-corrected chi connectivity index (χ0v) is 8.88. The molecule has 0 bridgehead atoms. The Labute approximate surface area is 85.1 Å². The van der Waals surface area contributed by atoms with Crippen LogP contribution < -0.4 is 5.32 Å². The Hall–Kier alpha value is -0.930. The van der Waals surface area contributed by atoms with E-state index in [0.717, 1.165) is 26.1 Å². The summed E-state index contributed by atoms with van der Waals surface area (Å²) < 4.78 is 0. The second-order valence-electron chi connectivity index (χ2n) is 4.07. The lowest BCUT2D eigenvalue weighted by atomic mass is 10.1. The molecule has 1 aromatic heterocycles. The van der Waals surface area contributed by atoms with Crippen LogP contribution in [0.5, 0.6) is 0 Å². The molecule has 1 aromatic rings. The first kappa shape index (κ1) is 9.62. The Morgan fingerprint density at radius 2 is 2.29 bits per heavy atom. The van der Waals surface area contributed by atoms with Gasteiger partial charge in [0.15, 0.2) is 0 Å². The molecule has 0 fully saturated rings. The molecule has 0 aromatic carbocycles. The summed E-state index contributed by atoms with van der Waals surface area (Å²) in [6, 6.07) is 4.33. The molecule has 14 heavy (non-hydrogen) atoms. The molecular weight excluding hydrogens is 174 g/mol. The van der Waals surface area contributed by atoms with E-state index in [-0.39, 0.29) is 0 Å². The number of fused-ring (bicyclic) bond motifs is 1. The van der Waals surface area contributed by atoms with E-state index in [1.54, 1.807) is 0 Å². The minimum atomic E-state index is 0.931. The Balaban J connectivity index is 2.20.